The smallest absolute Gasteiger partial charge is 0.326 e. The van der Waals surface area contributed by atoms with Gasteiger partial charge >= 0.3 is 5.97 Å². The predicted molar refractivity (Wildman–Crippen MR) is 132 cm³/mol. The summed E-state index contributed by atoms with van der Waals surface area (Å²) in [5.74, 6) is -2.93. The van der Waals surface area contributed by atoms with Crippen LogP contribution in [0, 0.1) is 0 Å². The Kier molecular flexibility index (Phi) is 10.9. The standard InChI is InChI=1S/C23H35N7O6/c1-13(28-20(33)16-4-2-10-26-16)19(32)30-18(12-14-6-8-15(31)9-7-14)21(34)29-17(22(35)36)5-3-11-27-23(24)25/h6-9,13,16-18,26,31H,2-5,10-12H2,1H3,(H,28,33)(H,29,34)(H,30,32)(H,35,36)(H4,24,25,27). The first kappa shape index (κ1) is 28.4. The number of aliphatic carboxylic acids is 1. The predicted octanol–water partition coefficient (Wildman–Crippen LogP) is -1.70. The topological polar surface area (TPSA) is 221 Å². The molecule has 1 aliphatic rings. The molecule has 1 fully saturated rings. The van der Waals surface area contributed by atoms with Gasteiger partial charge in [-0.25, -0.2) is 4.79 Å². The summed E-state index contributed by atoms with van der Waals surface area (Å²) in [7, 11) is 0. The minimum atomic E-state index is -1.24. The highest BCUT2D eigenvalue weighted by molar-refractivity contribution is 5.94. The minimum absolute atomic E-state index is 0.0308. The van der Waals surface area contributed by atoms with Crippen LogP contribution in [0.2, 0.25) is 0 Å². The zero-order valence-corrected chi connectivity index (χ0v) is 20.2. The Bertz CT molecular complexity index is 943. The third-order valence-electron chi connectivity index (χ3n) is 5.70. The lowest BCUT2D eigenvalue weighted by Crippen LogP contribution is -2.56. The van der Waals surface area contributed by atoms with Crippen molar-refractivity contribution in [2.75, 3.05) is 13.1 Å². The number of guanidine groups is 1. The summed E-state index contributed by atoms with van der Waals surface area (Å²) < 4.78 is 0. The maximum atomic E-state index is 13.1. The fourth-order valence-electron chi connectivity index (χ4n) is 3.69. The van der Waals surface area contributed by atoms with Gasteiger partial charge in [-0.3, -0.25) is 19.4 Å². The van der Waals surface area contributed by atoms with Crippen LogP contribution in [0.1, 0.15) is 38.2 Å². The number of aromatic hydroxyl groups is 1. The van der Waals surface area contributed by atoms with Crippen molar-refractivity contribution in [2.24, 2.45) is 16.5 Å². The molecule has 13 heteroatoms. The molecular formula is C23H35N7O6. The van der Waals surface area contributed by atoms with Gasteiger partial charge < -0.3 is 42.9 Å². The quantitative estimate of drug-likeness (QED) is 0.0868. The normalized spacial score (nSPS) is 17.3. The van der Waals surface area contributed by atoms with Crippen molar-refractivity contribution < 1.29 is 29.4 Å². The van der Waals surface area contributed by atoms with Gasteiger partial charge in [0.05, 0.1) is 6.04 Å². The van der Waals surface area contributed by atoms with E-state index in [1.54, 1.807) is 12.1 Å². The average molecular weight is 506 g/mol. The lowest BCUT2D eigenvalue weighted by atomic mass is 10.0. The molecule has 1 saturated heterocycles. The third-order valence-corrected chi connectivity index (χ3v) is 5.70. The number of carboxylic acids is 1. The summed E-state index contributed by atoms with van der Waals surface area (Å²) in [6, 6.07) is 2.39. The van der Waals surface area contributed by atoms with Crippen LogP contribution in [0.3, 0.4) is 0 Å². The third kappa shape index (κ3) is 9.41. The number of carboxylic acid groups (broad SMARTS) is 1. The highest BCUT2D eigenvalue weighted by Crippen LogP contribution is 2.12. The molecule has 10 N–H and O–H groups in total. The van der Waals surface area contributed by atoms with Crippen LogP contribution in [0.4, 0.5) is 0 Å². The van der Waals surface area contributed by atoms with Crippen molar-refractivity contribution >= 4 is 29.7 Å². The number of phenolic OH excluding ortho intramolecular Hbond substituents is 1. The van der Waals surface area contributed by atoms with E-state index in [4.69, 9.17) is 11.5 Å². The summed E-state index contributed by atoms with van der Waals surface area (Å²) >= 11 is 0. The molecule has 0 saturated carbocycles. The second-order valence-corrected chi connectivity index (χ2v) is 8.66. The molecule has 4 unspecified atom stereocenters. The number of nitrogens with zero attached hydrogens (tertiary/aromatic N) is 1. The molecule has 1 aromatic carbocycles. The van der Waals surface area contributed by atoms with Crippen LogP contribution in [0.5, 0.6) is 5.75 Å². The van der Waals surface area contributed by atoms with Crippen molar-refractivity contribution in [1.29, 1.82) is 0 Å². The molecule has 0 aliphatic carbocycles. The molecule has 198 valence electrons. The number of nitrogens with two attached hydrogens (primary N) is 2. The van der Waals surface area contributed by atoms with Crippen molar-refractivity contribution in [2.45, 2.75) is 63.2 Å². The van der Waals surface area contributed by atoms with E-state index >= 15 is 0 Å². The summed E-state index contributed by atoms with van der Waals surface area (Å²) in [5, 5.41) is 29.8. The van der Waals surface area contributed by atoms with E-state index < -0.39 is 35.9 Å². The molecule has 0 spiro atoms. The van der Waals surface area contributed by atoms with Crippen molar-refractivity contribution in [3.8, 4) is 5.75 Å². The van der Waals surface area contributed by atoms with Crippen molar-refractivity contribution in [1.82, 2.24) is 21.3 Å². The van der Waals surface area contributed by atoms with E-state index in [0.29, 0.717) is 18.4 Å². The van der Waals surface area contributed by atoms with Crippen LogP contribution < -0.4 is 32.7 Å². The maximum absolute atomic E-state index is 13.1. The number of aliphatic imine (C=N–C) groups is 1. The van der Waals surface area contributed by atoms with E-state index in [9.17, 15) is 29.4 Å². The van der Waals surface area contributed by atoms with Gasteiger partial charge in [0, 0.05) is 13.0 Å². The molecule has 1 heterocycles. The van der Waals surface area contributed by atoms with Gasteiger partial charge in [0.2, 0.25) is 17.7 Å². The van der Waals surface area contributed by atoms with Gasteiger partial charge in [0.1, 0.15) is 23.9 Å². The van der Waals surface area contributed by atoms with E-state index in [2.05, 4.69) is 26.3 Å². The van der Waals surface area contributed by atoms with E-state index in [0.717, 1.165) is 13.0 Å². The van der Waals surface area contributed by atoms with Gasteiger partial charge in [0.25, 0.3) is 0 Å². The summed E-state index contributed by atoms with van der Waals surface area (Å²) in [4.78, 5) is 53.7. The molecule has 2 rings (SSSR count). The summed E-state index contributed by atoms with van der Waals surface area (Å²) in [6.07, 6.45) is 1.94. The number of carbonyl (C=O) groups excluding carboxylic acids is 3. The second-order valence-electron chi connectivity index (χ2n) is 8.66. The van der Waals surface area contributed by atoms with Crippen molar-refractivity contribution in [3.63, 3.8) is 0 Å². The SMILES string of the molecule is CC(NC(=O)C1CCCN1)C(=O)NC(Cc1ccc(O)cc1)C(=O)NC(CCCN=C(N)N)C(=O)O. The lowest BCUT2D eigenvalue weighted by Gasteiger charge is -2.24. The largest absolute Gasteiger partial charge is 0.508 e. The van der Waals surface area contributed by atoms with Crippen molar-refractivity contribution in [3.05, 3.63) is 29.8 Å². The molecule has 1 aromatic rings. The first-order valence-corrected chi connectivity index (χ1v) is 11.8. The van der Waals surface area contributed by atoms with Gasteiger partial charge in [-0.2, -0.15) is 0 Å². The van der Waals surface area contributed by atoms with Gasteiger partial charge in [0.15, 0.2) is 5.96 Å². The second kappa shape index (κ2) is 13.9. The Morgan fingerprint density at radius 3 is 2.33 bits per heavy atom. The number of phenols is 1. The molecule has 3 amide bonds. The number of hydrogen-bond donors (Lipinski definition) is 8. The first-order valence-electron chi connectivity index (χ1n) is 11.8. The Morgan fingerprint density at radius 2 is 1.75 bits per heavy atom. The van der Waals surface area contributed by atoms with E-state index in [1.807, 2.05) is 0 Å². The molecule has 0 bridgehead atoms. The molecule has 1 aliphatic heterocycles. The lowest BCUT2D eigenvalue weighted by molar-refractivity contribution is -0.142. The van der Waals surface area contributed by atoms with Gasteiger partial charge in [-0.05, 0) is 56.8 Å². The number of benzene rings is 1. The Labute approximate surface area is 209 Å². The number of carbonyl (C=O) groups is 4. The van der Waals surface area contributed by atoms with E-state index in [-0.39, 0.29) is 43.0 Å². The summed E-state index contributed by atoms with van der Waals surface area (Å²) in [6.45, 7) is 2.42. The highest BCUT2D eigenvalue weighted by Gasteiger charge is 2.30. The number of amides is 3. The number of nitrogens with one attached hydrogen (secondary N) is 4. The van der Waals surface area contributed by atoms with Crippen LogP contribution in [0.25, 0.3) is 0 Å². The molecule has 0 aromatic heterocycles. The molecule has 13 nitrogen and oxygen atoms in total. The maximum Gasteiger partial charge on any atom is 0.326 e. The minimum Gasteiger partial charge on any atom is -0.508 e. The van der Waals surface area contributed by atoms with Gasteiger partial charge in [-0.1, -0.05) is 12.1 Å². The monoisotopic (exact) mass is 505 g/mol. The van der Waals surface area contributed by atoms with Crippen LogP contribution in [-0.2, 0) is 25.6 Å². The van der Waals surface area contributed by atoms with Crippen LogP contribution in [0.15, 0.2) is 29.3 Å². The molecular weight excluding hydrogens is 470 g/mol. The van der Waals surface area contributed by atoms with Crippen LogP contribution >= 0.6 is 0 Å². The first-order chi connectivity index (χ1) is 17.1. The number of hydrogen-bond acceptors (Lipinski definition) is 7. The fraction of sp³-hybridized carbons (Fsp3) is 0.522. The molecule has 36 heavy (non-hydrogen) atoms. The number of rotatable bonds is 13. The van der Waals surface area contributed by atoms with E-state index in [1.165, 1.54) is 19.1 Å². The van der Waals surface area contributed by atoms with Gasteiger partial charge in [-0.15, -0.1) is 0 Å². The molecule has 4 atom stereocenters. The van der Waals surface area contributed by atoms with Crippen LogP contribution in [-0.4, -0.2) is 77.1 Å². The fourth-order valence-corrected chi connectivity index (χ4v) is 3.69. The Morgan fingerprint density at radius 1 is 1.08 bits per heavy atom. The Hall–Kier alpha value is -3.87. The zero-order valence-electron chi connectivity index (χ0n) is 20.2. The Balaban J connectivity index is 2.08. The highest BCUT2D eigenvalue weighted by atomic mass is 16.4. The molecule has 0 radical (unpaired) electrons. The summed E-state index contributed by atoms with van der Waals surface area (Å²) in [5.41, 5.74) is 11.2. The zero-order chi connectivity index (χ0) is 26.7. The average Bonchev–Trinajstić information content (AvgIpc) is 3.36.